The maximum absolute atomic E-state index is 3.77. The summed E-state index contributed by atoms with van der Waals surface area (Å²) in [6, 6.07) is 7.25. The van der Waals surface area contributed by atoms with Crippen molar-refractivity contribution < 1.29 is 0 Å². The van der Waals surface area contributed by atoms with E-state index in [0.29, 0.717) is 6.04 Å². The molecule has 0 spiro atoms. The minimum Gasteiger partial charge on any atom is -0.368 e. The fraction of sp³-hybridized carbons (Fsp3) is 0.647. The molecule has 1 unspecified atom stereocenters. The summed E-state index contributed by atoms with van der Waals surface area (Å²) in [5, 5.41) is 3.77. The highest BCUT2D eigenvalue weighted by Crippen LogP contribution is 2.31. The molecule has 2 nitrogen and oxygen atoms in total. The summed E-state index contributed by atoms with van der Waals surface area (Å²) < 4.78 is 1.22. The molecule has 1 atom stereocenters. The molecular formula is C17H25BrN2. The Morgan fingerprint density at radius 1 is 1.20 bits per heavy atom. The highest BCUT2D eigenvalue weighted by atomic mass is 79.9. The summed E-state index contributed by atoms with van der Waals surface area (Å²) in [7, 11) is 0. The molecule has 20 heavy (non-hydrogen) atoms. The van der Waals surface area contributed by atoms with Gasteiger partial charge in [0.05, 0.1) is 0 Å². The Bertz CT molecular complexity index is 454. The third-order valence-electron chi connectivity index (χ3n) is 5.00. The van der Waals surface area contributed by atoms with Gasteiger partial charge in [-0.3, -0.25) is 0 Å². The lowest BCUT2D eigenvalue weighted by molar-refractivity contribution is 0.257. The molecule has 1 aliphatic carbocycles. The van der Waals surface area contributed by atoms with Crippen molar-refractivity contribution in [1.82, 2.24) is 5.32 Å². The van der Waals surface area contributed by atoms with Gasteiger partial charge in [0.2, 0.25) is 0 Å². The molecule has 1 aromatic carbocycles. The number of hydrogen-bond acceptors (Lipinski definition) is 2. The second-order valence-electron chi connectivity index (χ2n) is 6.29. The van der Waals surface area contributed by atoms with Gasteiger partial charge >= 0.3 is 0 Å². The molecule has 110 valence electrons. The standard InChI is InChI=1S/C17H25BrN2/c1-13-15(18)8-5-9-17(13)20-11-10-19-16(12-20)14-6-3-2-4-7-14/h5,8-9,14,16,19H,2-4,6-7,10-12H2,1H3. The molecule has 2 fully saturated rings. The first-order valence-electron chi connectivity index (χ1n) is 7.99. The first-order valence-corrected chi connectivity index (χ1v) is 8.78. The lowest BCUT2D eigenvalue weighted by atomic mass is 9.83. The smallest absolute Gasteiger partial charge is 0.0408 e. The van der Waals surface area contributed by atoms with Gasteiger partial charge in [-0.15, -0.1) is 0 Å². The summed E-state index contributed by atoms with van der Waals surface area (Å²) >= 11 is 3.66. The average molecular weight is 337 g/mol. The Morgan fingerprint density at radius 2 is 2.00 bits per heavy atom. The zero-order chi connectivity index (χ0) is 13.9. The molecule has 2 aliphatic rings. The van der Waals surface area contributed by atoms with Crippen molar-refractivity contribution in [2.45, 2.75) is 45.1 Å². The number of nitrogens with one attached hydrogen (secondary N) is 1. The van der Waals surface area contributed by atoms with Crippen LogP contribution >= 0.6 is 15.9 Å². The van der Waals surface area contributed by atoms with E-state index in [-0.39, 0.29) is 0 Å². The van der Waals surface area contributed by atoms with Crippen LogP contribution in [0.15, 0.2) is 22.7 Å². The molecule has 0 aromatic heterocycles. The van der Waals surface area contributed by atoms with E-state index >= 15 is 0 Å². The maximum atomic E-state index is 3.77. The Hall–Kier alpha value is -0.540. The molecule has 0 radical (unpaired) electrons. The molecule has 1 aliphatic heterocycles. The van der Waals surface area contributed by atoms with Gasteiger partial charge in [-0.1, -0.05) is 41.3 Å². The average Bonchev–Trinajstić information content (AvgIpc) is 2.51. The molecule has 0 bridgehead atoms. The number of halogens is 1. The number of anilines is 1. The Labute approximate surface area is 131 Å². The van der Waals surface area contributed by atoms with Gasteiger partial charge in [-0.2, -0.15) is 0 Å². The second kappa shape index (κ2) is 6.48. The molecule has 1 heterocycles. The Kier molecular flexibility index (Phi) is 4.67. The molecule has 1 saturated carbocycles. The van der Waals surface area contributed by atoms with Crippen LogP contribution in [0, 0.1) is 12.8 Å². The zero-order valence-electron chi connectivity index (χ0n) is 12.4. The van der Waals surface area contributed by atoms with E-state index in [4.69, 9.17) is 0 Å². The number of benzene rings is 1. The maximum Gasteiger partial charge on any atom is 0.0408 e. The highest BCUT2D eigenvalue weighted by Gasteiger charge is 2.28. The summed E-state index contributed by atoms with van der Waals surface area (Å²) in [4.78, 5) is 2.58. The van der Waals surface area contributed by atoms with E-state index in [0.717, 1.165) is 19.0 Å². The lowest BCUT2D eigenvalue weighted by Crippen LogP contribution is -2.54. The minimum atomic E-state index is 0.683. The number of rotatable bonds is 2. The largest absolute Gasteiger partial charge is 0.368 e. The predicted octanol–water partition coefficient (Wildman–Crippen LogP) is 4.12. The van der Waals surface area contributed by atoms with Gasteiger partial charge in [-0.25, -0.2) is 0 Å². The SMILES string of the molecule is Cc1c(Br)cccc1N1CCNC(C2CCCCC2)C1. The van der Waals surface area contributed by atoms with Gasteiger partial charge < -0.3 is 10.2 Å². The van der Waals surface area contributed by atoms with E-state index in [1.165, 1.54) is 54.4 Å². The summed E-state index contributed by atoms with van der Waals surface area (Å²) in [6.07, 6.45) is 7.14. The van der Waals surface area contributed by atoms with Crippen molar-refractivity contribution in [3.05, 3.63) is 28.2 Å². The Morgan fingerprint density at radius 3 is 2.80 bits per heavy atom. The van der Waals surface area contributed by atoms with Crippen LogP contribution in [0.1, 0.15) is 37.7 Å². The van der Waals surface area contributed by atoms with Crippen LogP contribution in [-0.2, 0) is 0 Å². The summed E-state index contributed by atoms with van der Waals surface area (Å²) in [5.74, 6) is 0.888. The summed E-state index contributed by atoms with van der Waals surface area (Å²) in [6.45, 7) is 5.63. The normalized spacial score (nSPS) is 24.9. The fourth-order valence-electron chi connectivity index (χ4n) is 3.79. The van der Waals surface area contributed by atoms with E-state index in [9.17, 15) is 0 Å². The van der Waals surface area contributed by atoms with Crippen molar-refractivity contribution in [2.75, 3.05) is 24.5 Å². The summed E-state index contributed by atoms with van der Waals surface area (Å²) in [5.41, 5.74) is 2.78. The van der Waals surface area contributed by atoms with E-state index < -0.39 is 0 Å². The molecular weight excluding hydrogens is 312 g/mol. The zero-order valence-corrected chi connectivity index (χ0v) is 14.0. The third kappa shape index (κ3) is 3.04. The minimum absolute atomic E-state index is 0.683. The number of hydrogen-bond donors (Lipinski definition) is 1. The molecule has 1 saturated heterocycles. The van der Waals surface area contributed by atoms with Crippen molar-refractivity contribution in [2.24, 2.45) is 5.92 Å². The quantitative estimate of drug-likeness (QED) is 0.873. The monoisotopic (exact) mass is 336 g/mol. The van der Waals surface area contributed by atoms with Crippen LogP contribution in [0.2, 0.25) is 0 Å². The van der Waals surface area contributed by atoms with Crippen LogP contribution in [0.25, 0.3) is 0 Å². The lowest BCUT2D eigenvalue weighted by Gasteiger charge is -2.41. The fourth-order valence-corrected chi connectivity index (χ4v) is 4.14. The van der Waals surface area contributed by atoms with E-state index in [1.54, 1.807) is 0 Å². The van der Waals surface area contributed by atoms with Gasteiger partial charge in [0, 0.05) is 35.8 Å². The van der Waals surface area contributed by atoms with E-state index in [2.05, 4.69) is 51.3 Å². The molecule has 1 aromatic rings. The molecule has 1 N–H and O–H groups in total. The second-order valence-corrected chi connectivity index (χ2v) is 7.14. The van der Waals surface area contributed by atoms with Gasteiger partial charge in [0.25, 0.3) is 0 Å². The van der Waals surface area contributed by atoms with Gasteiger partial charge in [0.1, 0.15) is 0 Å². The molecule has 3 heteroatoms. The van der Waals surface area contributed by atoms with Crippen LogP contribution in [0.5, 0.6) is 0 Å². The van der Waals surface area contributed by atoms with Gasteiger partial charge in [0.15, 0.2) is 0 Å². The van der Waals surface area contributed by atoms with Crippen LogP contribution in [0.4, 0.5) is 5.69 Å². The first-order chi connectivity index (χ1) is 9.75. The predicted molar refractivity (Wildman–Crippen MR) is 89.5 cm³/mol. The van der Waals surface area contributed by atoms with Crippen LogP contribution in [-0.4, -0.2) is 25.7 Å². The topological polar surface area (TPSA) is 15.3 Å². The number of nitrogens with zero attached hydrogens (tertiary/aromatic N) is 1. The van der Waals surface area contributed by atoms with Crippen LogP contribution in [0.3, 0.4) is 0 Å². The molecule has 3 rings (SSSR count). The van der Waals surface area contributed by atoms with Gasteiger partial charge in [-0.05, 0) is 43.4 Å². The number of piperazine rings is 1. The Balaban J connectivity index is 1.72. The highest BCUT2D eigenvalue weighted by molar-refractivity contribution is 9.10. The third-order valence-corrected chi connectivity index (χ3v) is 5.86. The van der Waals surface area contributed by atoms with Crippen molar-refractivity contribution in [3.63, 3.8) is 0 Å². The van der Waals surface area contributed by atoms with E-state index in [1.807, 2.05) is 0 Å². The first kappa shape index (κ1) is 14.4. The molecule has 0 amide bonds. The van der Waals surface area contributed by atoms with Crippen LogP contribution < -0.4 is 10.2 Å². The van der Waals surface area contributed by atoms with Crippen molar-refractivity contribution in [3.8, 4) is 0 Å². The van der Waals surface area contributed by atoms with Crippen molar-refractivity contribution in [1.29, 1.82) is 0 Å². The van der Waals surface area contributed by atoms with Crippen molar-refractivity contribution >= 4 is 21.6 Å².